The minimum Gasteiger partial charge on any atom is -0.477 e. The molecule has 1 heterocycles. The standard InChI is InChI=1S/C14H20N2O4/c1-4-10(5-2)15-13(18)8-16-7-11(14(19)20)12(17)6-9(16)3/h6-7,10H,4-5,8H2,1-3H3,(H,15,18)(H,19,20). The van der Waals surface area contributed by atoms with E-state index in [1.54, 1.807) is 6.92 Å². The Balaban J connectivity index is 2.92. The van der Waals surface area contributed by atoms with Crippen LogP contribution < -0.4 is 10.7 Å². The lowest BCUT2D eigenvalue weighted by Crippen LogP contribution is -2.36. The number of pyridine rings is 1. The van der Waals surface area contributed by atoms with Crippen LogP contribution >= 0.6 is 0 Å². The maximum Gasteiger partial charge on any atom is 0.341 e. The molecule has 1 amide bonds. The number of aromatic carboxylic acids is 1. The molecule has 0 aliphatic heterocycles. The molecule has 0 atom stereocenters. The third kappa shape index (κ3) is 3.94. The molecule has 6 nitrogen and oxygen atoms in total. The van der Waals surface area contributed by atoms with Crippen LogP contribution in [-0.2, 0) is 11.3 Å². The molecule has 0 aliphatic rings. The Morgan fingerprint density at radius 1 is 1.35 bits per heavy atom. The zero-order valence-corrected chi connectivity index (χ0v) is 12.0. The second kappa shape index (κ2) is 6.88. The molecule has 6 heteroatoms. The molecule has 0 spiro atoms. The third-order valence-electron chi connectivity index (χ3n) is 3.24. The van der Waals surface area contributed by atoms with Gasteiger partial charge in [0.1, 0.15) is 12.1 Å². The predicted molar refractivity (Wildman–Crippen MR) is 74.9 cm³/mol. The molecule has 0 aromatic carbocycles. The van der Waals surface area contributed by atoms with E-state index in [0.29, 0.717) is 5.69 Å². The number of carboxylic acid groups (broad SMARTS) is 1. The van der Waals surface area contributed by atoms with E-state index in [1.807, 2.05) is 13.8 Å². The summed E-state index contributed by atoms with van der Waals surface area (Å²) in [6.07, 6.45) is 2.89. The second-order valence-electron chi connectivity index (χ2n) is 4.71. The van der Waals surface area contributed by atoms with E-state index in [9.17, 15) is 14.4 Å². The summed E-state index contributed by atoms with van der Waals surface area (Å²) in [4.78, 5) is 34.3. The molecule has 1 aromatic rings. The fourth-order valence-electron chi connectivity index (χ4n) is 1.92. The Morgan fingerprint density at radius 2 is 1.95 bits per heavy atom. The summed E-state index contributed by atoms with van der Waals surface area (Å²) in [5.74, 6) is -1.48. The van der Waals surface area contributed by atoms with Gasteiger partial charge in [0.15, 0.2) is 5.43 Å². The van der Waals surface area contributed by atoms with Gasteiger partial charge < -0.3 is 15.0 Å². The number of rotatable bonds is 6. The molecule has 2 N–H and O–H groups in total. The largest absolute Gasteiger partial charge is 0.477 e. The lowest BCUT2D eigenvalue weighted by atomic mass is 10.2. The van der Waals surface area contributed by atoms with Crippen LogP contribution in [0.15, 0.2) is 17.1 Å². The summed E-state index contributed by atoms with van der Waals surface area (Å²) in [5.41, 5.74) is -0.322. The molecule has 0 saturated carbocycles. The summed E-state index contributed by atoms with van der Waals surface area (Å²) in [5, 5.41) is 11.8. The Kier molecular flexibility index (Phi) is 5.49. The van der Waals surface area contributed by atoms with Crippen molar-refractivity contribution in [3.8, 4) is 0 Å². The molecule has 0 radical (unpaired) electrons. The first-order chi connectivity index (χ1) is 9.38. The van der Waals surface area contributed by atoms with E-state index < -0.39 is 11.4 Å². The van der Waals surface area contributed by atoms with Crippen LogP contribution in [0.25, 0.3) is 0 Å². The molecule has 0 saturated heterocycles. The number of amides is 1. The van der Waals surface area contributed by atoms with Crippen LogP contribution in [0.3, 0.4) is 0 Å². The van der Waals surface area contributed by atoms with E-state index >= 15 is 0 Å². The molecule has 0 fully saturated rings. The van der Waals surface area contributed by atoms with E-state index in [2.05, 4.69) is 5.32 Å². The van der Waals surface area contributed by atoms with Gasteiger partial charge in [-0.1, -0.05) is 13.8 Å². The van der Waals surface area contributed by atoms with E-state index in [-0.39, 0.29) is 24.1 Å². The summed E-state index contributed by atoms with van der Waals surface area (Å²) >= 11 is 0. The van der Waals surface area contributed by atoms with Crippen LogP contribution in [0.4, 0.5) is 0 Å². The number of carbonyl (C=O) groups excluding carboxylic acids is 1. The van der Waals surface area contributed by atoms with Crippen molar-refractivity contribution >= 4 is 11.9 Å². The van der Waals surface area contributed by atoms with Crippen molar-refractivity contribution < 1.29 is 14.7 Å². The predicted octanol–water partition coefficient (Wildman–Crippen LogP) is 1.16. The summed E-state index contributed by atoms with van der Waals surface area (Å²) in [6, 6.07) is 1.34. The van der Waals surface area contributed by atoms with Gasteiger partial charge >= 0.3 is 5.97 Å². The average molecular weight is 280 g/mol. The molecular weight excluding hydrogens is 260 g/mol. The van der Waals surface area contributed by atoms with Crippen LogP contribution in [0.2, 0.25) is 0 Å². The summed E-state index contributed by atoms with van der Waals surface area (Å²) < 4.78 is 1.47. The van der Waals surface area contributed by atoms with Gasteiger partial charge in [0.2, 0.25) is 5.91 Å². The summed E-state index contributed by atoms with van der Waals surface area (Å²) in [7, 11) is 0. The van der Waals surface area contributed by atoms with E-state index in [1.165, 1.54) is 16.8 Å². The van der Waals surface area contributed by atoms with Gasteiger partial charge in [-0.25, -0.2) is 4.79 Å². The highest BCUT2D eigenvalue weighted by Crippen LogP contribution is 2.01. The minimum atomic E-state index is -1.29. The topological polar surface area (TPSA) is 88.4 Å². The van der Waals surface area contributed by atoms with E-state index in [0.717, 1.165) is 12.8 Å². The number of aromatic nitrogens is 1. The van der Waals surface area contributed by atoms with Crippen LogP contribution in [0.5, 0.6) is 0 Å². The van der Waals surface area contributed by atoms with Gasteiger partial charge in [-0.05, 0) is 19.8 Å². The Hall–Kier alpha value is -2.11. The van der Waals surface area contributed by atoms with Gasteiger partial charge in [0.25, 0.3) is 0 Å². The third-order valence-corrected chi connectivity index (χ3v) is 3.24. The fraction of sp³-hybridized carbons (Fsp3) is 0.500. The molecule has 0 aliphatic carbocycles. The monoisotopic (exact) mass is 280 g/mol. The Labute approximate surface area is 117 Å². The number of carboxylic acids is 1. The van der Waals surface area contributed by atoms with Crippen molar-refractivity contribution in [2.24, 2.45) is 0 Å². The summed E-state index contributed by atoms with van der Waals surface area (Å²) in [6.45, 7) is 5.64. The van der Waals surface area contributed by atoms with Crippen LogP contribution in [0.1, 0.15) is 42.7 Å². The maximum atomic E-state index is 11.9. The highest BCUT2D eigenvalue weighted by atomic mass is 16.4. The van der Waals surface area contributed by atoms with Gasteiger partial charge in [0, 0.05) is 24.0 Å². The molecule has 0 unspecified atom stereocenters. The number of hydrogen-bond acceptors (Lipinski definition) is 3. The molecular formula is C14H20N2O4. The van der Waals surface area contributed by atoms with Crippen molar-refractivity contribution in [3.05, 3.63) is 33.7 Å². The SMILES string of the molecule is CCC(CC)NC(=O)Cn1cc(C(=O)O)c(=O)cc1C. The maximum absolute atomic E-state index is 11.9. The van der Waals surface area contributed by atoms with Gasteiger partial charge in [-0.15, -0.1) is 0 Å². The number of nitrogens with one attached hydrogen (secondary N) is 1. The fourth-order valence-corrected chi connectivity index (χ4v) is 1.92. The zero-order valence-electron chi connectivity index (χ0n) is 12.0. The van der Waals surface area contributed by atoms with Gasteiger partial charge in [-0.3, -0.25) is 9.59 Å². The number of hydrogen-bond donors (Lipinski definition) is 2. The van der Waals surface area contributed by atoms with Crippen molar-refractivity contribution in [3.63, 3.8) is 0 Å². The highest BCUT2D eigenvalue weighted by molar-refractivity contribution is 5.87. The molecule has 0 bridgehead atoms. The number of nitrogens with zero attached hydrogens (tertiary/aromatic N) is 1. The Bertz CT molecular complexity index is 559. The number of carbonyl (C=O) groups is 2. The smallest absolute Gasteiger partial charge is 0.341 e. The van der Waals surface area contributed by atoms with Gasteiger partial charge in [-0.2, -0.15) is 0 Å². The molecule has 1 rings (SSSR count). The van der Waals surface area contributed by atoms with Crippen LogP contribution in [0, 0.1) is 6.92 Å². The minimum absolute atomic E-state index is 0.00287. The number of aryl methyl sites for hydroxylation is 1. The Morgan fingerprint density at radius 3 is 2.45 bits per heavy atom. The molecule has 1 aromatic heterocycles. The van der Waals surface area contributed by atoms with Crippen molar-refractivity contribution in [2.45, 2.75) is 46.2 Å². The van der Waals surface area contributed by atoms with Crippen molar-refractivity contribution in [1.29, 1.82) is 0 Å². The molecule has 110 valence electrons. The average Bonchev–Trinajstić information content (AvgIpc) is 2.38. The first-order valence-electron chi connectivity index (χ1n) is 6.62. The van der Waals surface area contributed by atoms with Crippen molar-refractivity contribution in [1.82, 2.24) is 9.88 Å². The van der Waals surface area contributed by atoms with Gasteiger partial charge in [0.05, 0.1) is 0 Å². The lowest BCUT2D eigenvalue weighted by molar-refractivity contribution is -0.122. The zero-order chi connectivity index (χ0) is 15.3. The first kappa shape index (κ1) is 15.9. The highest BCUT2D eigenvalue weighted by Gasteiger charge is 2.13. The first-order valence-corrected chi connectivity index (χ1v) is 6.62. The normalized spacial score (nSPS) is 10.6. The van der Waals surface area contributed by atoms with E-state index in [4.69, 9.17) is 5.11 Å². The van der Waals surface area contributed by atoms with Crippen molar-refractivity contribution in [2.75, 3.05) is 0 Å². The lowest BCUT2D eigenvalue weighted by Gasteiger charge is -2.16. The van der Waals surface area contributed by atoms with Crippen LogP contribution in [-0.4, -0.2) is 27.6 Å². The second-order valence-corrected chi connectivity index (χ2v) is 4.71. The quantitative estimate of drug-likeness (QED) is 0.818. The molecule has 20 heavy (non-hydrogen) atoms.